The minimum Gasteiger partial charge on any atom is -0.349 e. The molecule has 0 aliphatic carbocycles. The Labute approximate surface area is 210 Å². The molecule has 9 nitrogen and oxygen atoms in total. The van der Waals surface area contributed by atoms with Crippen molar-refractivity contribution in [1.82, 2.24) is 15.1 Å². The number of nitrogens with zero attached hydrogens (tertiary/aromatic N) is 1. The van der Waals surface area contributed by atoms with Gasteiger partial charge in [-0.1, -0.05) is 44.8 Å². The Kier molecular flexibility index (Phi) is 5.98. The van der Waals surface area contributed by atoms with Gasteiger partial charge in [-0.15, -0.1) is 0 Å². The lowest BCUT2D eigenvalue weighted by Gasteiger charge is -2.09. The van der Waals surface area contributed by atoms with E-state index in [9.17, 15) is 14.4 Å². The Morgan fingerprint density at radius 3 is 2.43 bits per heavy atom. The van der Waals surface area contributed by atoms with Crippen molar-refractivity contribution in [3.8, 4) is 11.4 Å². The normalized spacial score (nSPS) is 10.9. The molecular formula is C24H15BrClN5O4. The highest BCUT2D eigenvalue weighted by Crippen LogP contribution is 2.29. The molecule has 0 aliphatic rings. The van der Waals surface area contributed by atoms with Crippen molar-refractivity contribution in [2.75, 3.05) is 10.6 Å². The molecule has 5 aromatic rings. The van der Waals surface area contributed by atoms with E-state index in [4.69, 9.17) is 11.6 Å². The number of H-pyrrole nitrogens is 2. The van der Waals surface area contributed by atoms with E-state index in [0.717, 1.165) is 9.86 Å². The monoisotopic (exact) mass is 551 g/mol. The predicted molar refractivity (Wildman–Crippen MR) is 136 cm³/mol. The summed E-state index contributed by atoms with van der Waals surface area (Å²) in [6.45, 7) is 0. The molecule has 2 heterocycles. The molecule has 0 radical (unpaired) electrons. The minimum absolute atomic E-state index is 0.127. The largest absolute Gasteiger partial charge is 0.439 e. The fourth-order valence-electron chi connectivity index (χ4n) is 3.54. The lowest BCUT2D eigenvalue weighted by Crippen LogP contribution is -2.13. The molecule has 3 aromatic carbocycles. The van der Waals surface area contributed by atoms with Gasteiger partial charge in [0.15, 0.2) is 5.82 Å². The van der Waals surface area contributed by atoms with Crippen LogP contribution < -0.4 is 16.4 Å². The van der Waals surface area contributed by atoms with Crippen molar-refractivity contribution < 1.29 is 14.1 Å². The van der Waals surface area contributed by atoms with Crippen molar-refractivity contribution in [3.05, 3.63) is 98.0 Å². The molecule has 2 amide bonds. The van der Waals surface area contributed by atoms with Crippen LogP contribution >= 0.6 is 27.5 Å². The smallest absolute Gasteiger partial charge is 0.349 e. The van der Waals surface area contributed by atoms with Crippen LogP contribution in [0.15, 0.2) is 80.5 Å². The quantitative estimate of drug-likeness (QED) is 0.231. The third kappa shape index (κ3) is 4.75. The lowest BCUT2D eigenvalue weighted by atomic mass is 10.1. The minimum atomic E-state index is -0.731. The number of rotatable bonds is 5. The van der Waals surface area contributed by atoms with Crippen molar-refractivity contribution in [3.63, 3.8) is 0 Å². The Hall–Kier alpha value is -4.15. The molecule has 0 saturated heterocycles. The van der Waals surface area contributed by atoms with Gasteiger partial charge < -0.3 is 15.6 Å². The summed E-state index contributed by atoms with van der Waals surface area (Å²) in [7, 11) is 0. The van der Waals surface area contributed by atoms with Gasteiger partial charge in [-0.25, -0.2) is 4.79 Å². The van der Waals surface area contributed by atoms with E-state index < -0.39 is 11.7 Å². The lowest BCUT2D eigenvalue weighted by molar-refractivity contribution is 0.101. The molecule has 0 atom stereocenters. The van der Waals surface area contributed by atoms with Crippen molar-refractivity contribution >= 4 is 61.6 Å². The van der Waals surface area contributed by atoms with Crippen molar-refractivity contribution in [2.45, 2.75) is 0 Å². The zero-order valence-corrected chi connectivity index (χ0v) is 20.0. The molecule has 0 aliphatic heterocycles. The molecule has 0 fully saturated rings. The average molecular weight is 553 g/mol. The fraction of sp³-hybridized carbons (Fsp3) is 0. The van der Waals surface area contributed by atoms with Gasteiger partial charge in [0.1, 0.15) is 5.69 Å². The number of aromatic amines is 2. The molecule has 174 valence electrons. The van der Waals surface area contributed by atoms with Gasteiger partial charge in [-0.2, -0.15) is 0 Å². The van der Waals surface area contributed by atoms with E-state index in [2.05, 4.69) is 46.2 Å². The zero-order valence-electron chi connectivity index (χ0n) is 17.7. The summed E-state index contributed by atoms with van der Waals surface area (Å²) < 4.78 is 5.44. The summed E-state index contributed by atoms with van der Waals surface area (Å²) in [4.78, 5) is 42.6. The molecular weight excluding hydrogens is 538 g/mol. The number of aromatic nitrogens is 3. The van der Waals surface area contributed by atoms with Crippen molar-refractivity contribution in [2.24, 2.45) is 0 Å². The second-order valence-corrected chi connectivity index (χ2v) is 8.85. The zero-order chi connectivity index (χ0) is 24.5. The standard InChI is InChI=1S/C24H15BrClN5O4/c25-14-6-4-12(5-7-14)22(32)29-18-3-1-2-13-10-19(27-20(13)18)23(33)28-17-9-8-15(26)11-16(17)21-30-24(34)35-31-21/h1-11,27H,(H,28,33)(H,29,32)(H,30,31,34). The van der Waals surface area contributed by atoms with Crippen LogP contribution in [0.25, 0.3) is 22.3 Å². The number of para-hydroxylation sites is 1. The maximum absolute atomic E-state index is 13.1. The van der Waals surface area contributed by atoms with Crippen LogP contribution in [0.1, 0.15) is 20.8 Å². The number of carbonyl (C=O) groups is 2. The molecule has 11 heteroatoms. The number of carbonyl (C=O) groups excluding carboxylic acids is 2. The van der Waals surface area contributed by atoms with Crippen molar-refractivity contribution in [1.29, 1.82) is 0 Å². The Morgan fingerprint density at radius 2 is 1.69 bits per heavy atom. The van der Waals surface area contributed by atoms with Gasteiger partial charge in [0.2, 0.25) is 0 Å². The number of anilines is 2. The second-order valence-electron chi connectivity index (χ2n) is 7.50. The Bertz CT molecular complexity index is 1640. The highest BCUT2D eigenvalue weighted by Gasteiger charge is 2.17. The van der Waals surface area contributed by atoms with Gasteiger partial charge >= 0.3 is 5.76 Å². The van der Waals surface area contributed by atoms with E-state index in [1.54, 1.807) is 60.7 Å². The summed E-state index contributed by atoms with van der Waals surface area (Å²) in [6, 6.07) is 18.7. The predicted octanol–water partition coefficient (Wildman–Crippen LogP) is 5.43. The number of hydrogen-bond acceptors (Lipinski definition) is 5. The number of halogens is 2. The molecule has 0 bridgehead atoms. The average Bonchev–Trinajstić information content (AvgIpc) is 3.47. The molecule has 0 saturated carbocycles. The highest BCUT2D eigenvalue weighted by atomic mass is 79.9. The summed E-state index contributed by atoms with van der Waals surface area (Å²) >= 11 is 9.44. The summed E-state index contributed by atoms with van der Waals surface area (Å²) in [5.74, 6) is -1.33. The van der Waals surface area contributed by atoms with Gasteiger partial charge in [-0.05, 0) is 54.6 Å². The van der Waals surface area contributed by atoms with Crippen LogP contribution in [-0.4, -0.2) is 26.9 Å². The van der Waals surface area contributed by atoms with Crippen LogP contribution in [0.3, 0.4) is 0 Å². The first-order valence-corrected chi connectivity index (χ1v) is 11.4. The van der Waals surface area contributed by atoms with E-state index >= 15 is 0 Å². The number of nitrogens with one attached hydrogen (secondary N) is 4. The van der Waals surface area contributed by atoms with E-state index in [1.165, 1.54) is 0 Å². The third-order valence-electron chi connectivity index (χ3n) is 5.18. The van der Waals surface area contributed by atoms with Crippen LogP contribution in [0.5, 0.6) is 0 Å². The summed E-state index contributed by atoms with van der Waals surface area (Å²) in [5, 5.41) is 10.5. The van der Waals surface area contributed by atoms with E-state index in [1.807, 2.05) is 6.07 Å². The van der Waals surface area contributed by atoms with Gasteiger partial charge in [0.05, 0.1) is 16.9 Å². The van der Waals surface area contributed by atoms with E-state index in [-0.39, 0.29) is 17.4 Å². The molecule has 0 unspecified atom stereocenters. The summed E-state index contributed by atoms with van der Waals surface area (Å²) in [6.07, 6.45) is 0. The van der Waals surface area contributed by atoms with Crippen LogP contribution in [0.2, 0.25) is 5.02 Å². The SMILES string of the molecule is O=C(Nc1cccc2cc(C(=O)Nc3ccc(Cl)cc3-c3noc(=O)[nH]3)[nH]c12)c1ccc(Br)cc1. The van der Waals surface area contributed by atoms with Crippen LogP contribution in [-0.2, 0) is 0 Å². The first-order chi connectivity index (χ1) is 16.9. The topological polar surface area (TPSA) is 133 Å². The highest BCUT2D eigenvalue weighted by molar-refractivity contribution is 9.10. The summed E-state index contributed by atoms with van der Waals surface area (Å²) in [5.41, 5.74) is 2.64. The van der Waals surface area contributed by atoms with Crippen LogP contribution in [0, 0.1) is 0 Å². The number of amides is 2. The molecule has 2 aromatic heterocycles. The number of benzene rings is 3. The van der Waals surface area contributed by atoms with Gasteiger partial charge in [-0.3, -0.25) is 19.1 Å². The fourth-order valence-corrected chi connectivity index (χ4v) is 3.97. The molecule has 5 rings (SSSR count). The van der Waals surface area contributed by atoms with E-state index in [0.29, 0.717) is 33.0 Å². The maximum atomic E-state index is 13.1. The second kappa shape index (κ2) is 9.24. The van der Waals surface area contributed by atoms with Crippen LogP contribution in [0.4, 0.5) is 11.4 Å². The molecule has 4 N–H and O–H groups in total. The number of fused-ring (bicyclic) bond motifs is 1. The Morgan fingerprint density at radius 1 is 0.914 bits per heavy atom. The Balaban J connectivity index is 1.42. The number of hydrogen-bond donors (Lipinski definition) is 4. The first-order valence-electron chi connectivity index (χ1n) is 10.2. The maximum Gasteiger partial charge on any atom is 0.439 e. The molecule has 35 heavy (non-hydrogen) atoms. The van der Waals surface area contributed by atoms with Gasteiger partial charge in [0.25, 0.3) is 11.8 Å². The first kappa shape index (κ1) is 22.6. The molecule has 0 spiro atoms. The van der Waals surface area contributed by atoms with Gasteiger partial charge in [0, 0.05) is 26.0 Å². The third-order valence-corrected chi connectivity index (χ3v) is 5.94.